The Morgan fingerprint density at radius 1 is 1.06 bits per heavy atom. The number of hydrogen-bond acceptors (Lipinski definition) is 4. The highest BCUT2D eigenvalue weighted by Gasteiger charge is 2.24. The van der Waals surface area contributed by atoms with Gasteiger partial charge in [0.25, 0.3) is 5.91 Å². The van der Waals surface area contributed by atoms with Crippen LogP contribution in [-0.2, 0) is 4.79 Å². The molecule has 1 fully saturated rings. The fraction of sp³-hybridized carbons (Fsp3) is 0.480. The standard InChI is InChI=1S/C25H33ClN2O3/c1-17-14-22(15-18(2)24(17)26)31-19(3)25(29)27-16-23(28-12-6-5-7-13-28)20-8-10-21(30-4)11-9-20/h8-11,14-15,19,23H,5-7,12-13,16H2,1-4H3,(H,27,29). The third-order valence-corrected chi connectivity index (χ3v) is 6.49. The predicted molar refractivity (Wildman–Crippen MR) is 125 cm³/mol. The smallest absolute Gasteiger partial charge is 0.260 e. The maximum atomic E-state index is 12.8. The number of nitrogens with zero attached hydrogens (tertiary/aromatic N) is 1. The fourth-order valence-corrected chi connectivity index (χ4v) is 4.20. The molecule has 0 spiro atoms. The summed E-state index contributed by atoms with van der Waals surface area (Å²) in [5.41, 5.74) is 3.06. The molecular formula is C25H33ClN2O3. The van der Waals surface area contributed by atoms with Crippen LogP contribution in [0.1, 0.15) is 48.9 Å². The number of hydrogen-bond donors (Lipinski definition) is 1. The molecule has 2 unspecified atom stereocenters. The lowest BCUT2D eigenvalue weighted by molar-refractivity contribution is -0.127. The van der Waals surface area contributed by atoms with E-state index in [9.17, 15) is 4.79 Å². The number of methoxy groups -OCH3 is 1. The van der Waals surface area contributed by atoms with E-state index in [0.717, 1.165) is 35.0 Å². The van der Waals surface area contributed by atoms with E-state index in [1.165, 1.54) is 24.8 Å². The van der Waals surface area contributed by atoms with Crippen LogP contribution >= 0.6 is 11.6 Å². The largest absolute Gasteiger partial charge is 0.497 e. The monoisotopic (exact) mass is 444 g/mol. The number of benzene rings is 2. The Labute approximate surface area is 190 Å². The Kier molecular flexibility index (Phi) is 8.22. The number of ether oxygens (including phenoxy) is 2. The number of amides is 1. The lowest BCUT2D eigenvalue weighted by Crippen LogP contribution is -2.43. The number of likely N-dealkylation sites (tertiary alicyclic amines) is 1. The first-order chi connectivity index (χ1) is 14.9. The second-order valence-electron chi connectivity index (χ2n) is 8.26. The number of carbonyl (C=O) groups excluding carboxylic acids is 1. The molecule has 1 N–H and O–H groups in total. The molecule has 31 heavy (non-hydrogen) atoms. The van der Waals surface area contributed by atoms with Crippen molar-refractivity contribution < 1.29 is 14.3 Å². The molecule has 1 aliphatic rings. The third kappa shape index (κ3) is 6.14. The summed E-state index contributed by atoms with van der Waals surface area (Å²) in [5, 5.41) is 3.83. The van der Waals surface area contributed by atoms with Gasteiger partial charge in [-0.25, -0.2) is 0 Å². The first-order valence-corrected chi connectivity index (χ1v) is 11.4. The first kappa shape index (κ1) is 23.4. The van der Waals surface area contributed by atoms with E-state index < -0.39 is 6.10 Å². The second kappa shape index (κ2) is 10.9. The van der Waals surface area contributed by atoms with Gasteiger partial charge in [-0.15, -0.1) is 0 Å². The van der Waals surface area contributed by atoms with E-state index in [2.05, 4.69) is 22.3 Å². The van der Waals surface area contributed by atoms with Crippen LogP contribution in [0.3, 0.4) is 0 Å². The van der Waals surface area contributed by atoms with Crippen molar-refractivity contribution in [3.05, 3.63) is 58.1 Å². The number of nitrogens with one attached hydrogen (secondary N) is 1. The summed E-state index contributed by atoms with van der Waals surface area (Å²) >= 11 is 6.24. The minimum atomic E-state index is -0.599. The van der Waals surface area contributed by atoms with Crippen molar-refractivity contribution in [2.24, 2.45) is 0 Å². The Morgan fingerprint density at radius 3 is 2.26 bits per heavy atom. The second-order valence-corrected chi connectivity index (χ2v) is 8.64. The minimum absolute atomic E-state index is 0.124. The average molecular weight is 445 g/mol. The van der Waals surface area contributed by atoms with Crippen molar-refractivity contribution in [1.29, 1.82) is 0 Å². The van der Waals surface area contributed by atoms with Gasteiger partial charge in [-0.05, 0) is 87.7 Å². The molecule has 0 bridgehead atoms. The van der Waals surface area contributed by atoms with Crippen LogP contribution in [0.25, 0.3) is 0 Å². The third-order valence-electron chi connectivity index (χ3n) is 5.89. The molecule has 2 atom stereocenters. The van der Waals surface area contributed by atoms with Crippen LogP contribution in [0.4, 0.5) is 0 Å². The minimum Gasteiger partial charge on any atom is -0.497 e. The van der Waals surface area contributed by atoms with Crippen LogP contribution < -0.4 is 14.8 Å². The summed E-state index contributed by atoms with van der Waals surface area (Å²) < 4.78 is 11.2. The predicted octanol–water partition coefficient (Wildman–Crippen LogP) is 5.08. The van der Waals surface area contributed by atoms with Crippen molar-refractivity contribution in [2.45, 2.75) is 52.2 Å². The summed E-state index contributed by atoms with van der Waals surface area (Å²) in [6, 6.07) is 12.0. The molecule has 5 nitrogen and oxygen atoms in total. The topological polar surface area (TPSA) is 50.8 Å². The van der Waals surface area contributed by atoms with Gasteiger partial charge in [0.2, 0.25) is 0 Å². The molecule has 1 aliphatic heterocycles. The summed E-state index contributed by atoms with van der Waals surface area (Å²) in [6.07, 6.45) is 3.05. The van der Waals surface area contributed by atoms with Gasteiger partial charge in [-0.3, -0.25) is 9.69 Å². The number of rotatable bonds is 8. The van der Waals surface area contributed by atoms with Crippen molar-refractivity contribution >= 4 is 17.5 Å². The van der Waals surface area contributed by atoms with Gasteiger partial charge in [-0.2, -0.15) is 0 Å². The van der Waals surface area contributed by atoms with Crippen molar-refractivity contribution in [3.63, 3.8) is 0 Å². The molecule has 168 valence electrons. The zero-order valence-corrected chi connectivity index (χ0v) is 19.7. The molecule has 2 aromatic carbocycles. The van der Waals surface area contributed by atoms with E-state index in [0.29, 0.717) is 12.3 Å². The Hall–Kier alpha value is -2.24. The fourth-order valence-electron chi connectivity index (χ4n) is 4.09. The van der Waals surface area contributed by atoms with E-state index >= 15 is 0 Å². The van der Waals surface area contributed by atoms with Crippen molar-refractivity contribution in [3.8, 4) is 11.5 Å². The summed E-state index contributed by atoms with van der Waals surface area (Å²) in [6.45, 7) is 8.27. The first-order valence-electron chi connectivity index (χ1n) is 11.0. The van der Waals surface area contributed by atoms with E-state index in [4.69, 9.17) is 21.1 Å². The van der Waals surface area contributed by atoms with Crippen LogP contribution in [0, 0.1) is 13.8 Å². The van der Waals surface area contributed by atoms with Gasteiger partial charge in [-0.1, -0.05) is 30.2 Å². The Bertz CT molecular complexity index is 856. The lowest BCUT2D eigenvalue weighted by Gasteiger charge is -2.35. The van der Waals surface area contributed by atoms with Gasteiger partial charge >= 0.3 is 0 Å². The molecule has 0 saturated carbocycles. The quantitative estimate of drug-likeness (QED) is 0.617. The number of halogens is 1. The highest BCUT2D eigenvalue weighted by Crippen LogP contribution is 2.27. The molecule has 2 aromatic rings. The molecule has 1 saturated heterocycles. The zero-order valence-electron chi connectivity index (χ0n) is 18.9. The Morgan fingerprint density at radius 2 is 1.68 bits per heavy atom. The molecule has 1 amide bonds. The highest BCUT2D eigenvalue weighted by molar-refractivity contribution is 6.32. The molecule has 1 heterocycles. The number of carbonyl (C=O) groups is 1. The maximum absolute atomic E-state index is 12.8. The molecule has 0 aliphatic carbocycles. The van der Waals surface area contributed by atoms with E-state index in [1.54, 1.807) is 14.0 Å². The van der Waals surface area contributed by atoms with Gasteiger partial charge in [0.1, 0.15) is 11.5 Å². The number of aryl methyl sites for hydroxylation is 2. The number of piperidine rings is 1. The lowest BCUT2D eigenvalue weighted by atomic mass is 10.0. The molecule has 0 aromatic heterocycles. The maximum Gasteiger partial charge on any atom is 0.260 e. The van der Waals surface area contributed by atoms with Gasteiger partial charge in [0, 0.05) is 11.6 Å². The summed E-state index contributed by atoms with van der Waals surface area (Å²) in [7, 11) is 1.67. The van der Waals surface area contributed by atoms with Crippen LogP contribution in [0.15, 0.2) is 36.4 Å². The van der Waals surface area contributed by atoms with Crippen LogP contribution in [0.2, 0.25) is 5.02 Å². The summed E-state index contributed by atoms with van der Waals surface area (Å²) in [4.78, 5) is 15.3. The Balaban J connectivity index is 1.66. The van der Waals surface area contributed by atoms with Crippen LogP contribution in [0.5, 0.6) is 11.5 Å². The molecule has 0 radical (unpaired) electrons. The zero-order chi connectivity index (χ0) is 22.4. The highest BCUT2D eigenvalue weighted by atomic mass is 35.5. The van der Waals surface area contributed by atoms with Crippen molar-refractivity contribution in [2.75, 3.05) is 26.7 Å². The average Bonchev–Trinajstić information content (AvgIpc) is 2.78. The van der Waals surface area contributed by atoms with Gasteiger partial charge in [0.05, 0.1) is 13.2 Å². The van der Waals surface area contributed by atoms with Crippen molar-refractivity contribution in [1.82, 2.24) is 10.2 Å². The summed E-state index contributed by atoms with van der Waals surface area (Å²) in [5.74, 6) is 1.37. The van der Waals surface area contributed by atoms with Gasteiger partial charge < -0.3 is 14.8 Å². The van der Waals surface area contributed by atoms with E-state index in [-0.39, 0.29) is 11.9 Å². The molecule has 3 rings (SSSR count). The van der Waals surface area contributed by atoms with Gasteiger partial charge in [0.15, 0.2) is 6.10 Å². The molecule has 6 heteroatoms. The van der Waals surface area contributed by atoms with Crippen LogP contribution in [-0.4, -0.2) is 43.7 Å². The SMILES string of the molecule is COc1ccc(C(CNC(=O)C(C)Oc2cc(C)c(Cl)c(C)c2)N2CCCCC2)cc1. The van der Waals surface area contributed by atoms with E-state index in [1.807, 2.05) is 38.1 Å². The normalized spacial score (nSPS) is 16.4. The molecular weight excluding hydrogens is 412 g/mol.